The summed E-state index contributed by atoms with van der Waals surface area (Å²) in [5.41, 5.74) is 2.32. The molecule has 0 aliphatic heterocycles. The Hall–Kier alpha value is -2.63. The standard InChI is InChI=1S/C14H16N4O2/c1-9-8-14(16-11(3)20)18(17-9)13-6-4-12(5-7-13)15-10(2)19/h4-8H,1-3H3,(H,15,19)(H,16,20). The van der Waals surface area contributed by atoms with Crippen LogP contribution in [0.3, 0.4) is 0 Å². The molecule has 0 fully saturated rings. The second-order valence-corrected chi connectivity index (χ2v) is 4.49. The first-order chi connectivity index (χ1) is 9.45. The number of benzene rings is 1. The normalized spacial score (nSPS) is 10.2. The molecule has 0 saturated heterocycles. The molecule has 0 saturated carbocycles. The maximum atomic E-state index is 11.2. The van der Waals surface area contributed by atoms with Crippen molar-refractivity contribution in [3.8, 4) is 5.69 Å². The number of rotatable bonds is 3. The summed E-state index contributed by atoms with van der Waals surface area (Å²) in [4.78, 5) is 22.2. The highest BCUT2D eigenvalue weighted by Crippen LogP contribution is 2.19. The molecule has 1 aromatic carbocycles. The van der Waals surface area contributed by atoms with Crippen molar-refractivity contribution in [2.45, 2.75) is 20.8 Å². The van der Waals surface area contributed by atoms with Crippen LogP contribution in [0.15, 0.2) is 30.3 Å². The Morgan fingerprint density at radius 2 is 1.65 bits per heavy atom. The van der Waals surface area contributed by atoms with E-state index in [1.54, 1.807) is 22.9 Å². The van der Waals surface area contributed by atoms with Crippen molar-refractivity contribution >= 4 is 23.3 Å². The number of aromatic nitrogens is 2. The van der Waals surface area contributed by atoms with Gasteiger partial charge in [-0.25, -0.2) is 4.68 Å². The second-order valence-electron chi connectivity index (χ2n) is 4.49. The molecule has 0 aliphatic rings. The minimum Gasteiger partial charge on any atom is -0.326 e. The highest BCUT2D eigenvalue weighted by molar-refractivity contribution is 5.89. The number of hydrogen-bond donors (Lipinski definition) is 2. The number of hydrogen-bond acceptors (Lipinski definition) is 3. The predicted molar refractivity (Wildman–Crippen MR) is 76.9 cm³/mol. The van der Waals surface area contributed by atoms with E-state index >= 15 is 0 Å². The summed E-state index contributed by atoms with van der Waals surface area (Å²) < 4.78 is 1.65. The molecule has 6 heteroatoms. The minimum absolute atomic E-state index is 0.119. The van der Waals surface area contributed by atoms with Crippen molar-refractivity contribution in [1.82, 2.24) is 9.78 Å². The number of anilines is 2. The Morgan fingerprint density at radius 1 is 1.05 bits per heavy atom. The minimum atomic E-state index is -0.152. The molecular weight excluding hydrogens is 256 g/mol. The van der Waals surface area contributed by atoms with E-state index in [1.807, 2.05) is 19.1 Å². The van der Waals surface area contributed by atoms with Gasteiger partial charge in [-0.1, -0.05) is 0 Å². The van der Waals surface area contributed by atoms with Gasteiger partial charge in [0.05, 0.1) is 11.4 Å². The van der Waals surface area contributed by atoms with Crippen LogP contribution < -0.4 is 10.6 Å². The number of amides is 2. The van der Waals surface area contributed by atoms with Gasteiger partial charge >= 0.3 is 0 Å². The van der Waals surface area contributed by atoms with Gasteiger partial charge < -0.3 is 10.6 Å². The Labute approximate surface area is 116 Å². The van der Waals surface area contributed by atoms with Crippen LogP contribution in [-0.4, -0.2) is 21.6 Å². The van der Waals surface area contributed by atoms with E-state index in [9.17, 15) is 9.59 Å². The van der Waals surface area contributed by atoms with Crippen molar-refractivity contribution < 1.29 is 9.59 Å². The first-order valence-electron chi connectivity index (χ1n) is 6.18. The molecule has 6 nitrogen and oxygen atoms in total. The van der Waals surface area contributed by atoms with Crippen LogP contribution in [0.2, 0.25) is 0 Å². The Balaban J connectivity index is 2.31. The zero-order valence-corrected chi connectivity index (χ0v) is 11.6. The van der Waals surface area contributed by atoms with Crippen molar-refractivity contribution in [1.29, 1.82) is 0 Å². The Morgan fingerprint density at radius 3 is 2.20 bits per heavy atom. The van der Waals surface area contributed by atoms with Gasteiger partial charge in [-0.15, -0.1) is 0 Å². The molecule has 2 aromatic rings. The van der Waals surface area contributed by atoms with Crippen LogP contribution in [0.5, 0.6) is 0 Å². The van der Waals surface area contributed by atoms with Crippen molar-refractivity contribution in [3.05, 3.63) is 36.0 Å². The average Bonchev–Trinajstić information content (AvgIpc) is 2.69. The van der Waals surface area contributed by atoms with Crippen LogP contribution in [-0.2, 0) is 9.59 Å². The molecule has 0 radical (unpaired) electrons. The van der Waals surface area contributed by atoms with E-state index in [0.717, 1.165) is 11.4 Å². The first-order valence-corrected chi connectivity index (χ1v) is 6.18. The number of carbonyl (C=O) groups is 2. The fourth-order valence-corrected chi connectivity index (χ4v) is 1.85. The monoisotopic (exact) mass is 272 g/mol. The van der Waals surface area contributed by atoms with Crippen LogP contribution in [0, 0.1) is 6.92 Å². The number of nitrogens with zero attached hydrogens (tertiary/aromatic N) is 2. The molecule has 0 atom stereocenters. The third-order valence-electron chi connectivity index (χ3n) is 2.57. The third-order valence-corrected chi connectivity index (χ3v) is 2.57. The van der Waals surface area contributed by atoms with Gasteiger partial charge in [0.2, 0.25) is 11.8 Å². The van der Waals surface area contributed by atoms with Gasteiger partial charge in [0.1, 0.15) is 5.82 Å². The summed E-state index contributed by atoms with van der Waals surface area (Å²) in [5, 5.41) is 9.77. The third kappa shape index (κ3) is 3.23. The van der Waals surface area contributed by atoms with Gasteiger partial charge in [-0.05, 0) is 31.2 Å². The summed E-state index contributed by atoms with van der Waals surface area (Å²) >= 11 is 0. The van der Waals surface area contributed by atoms with Gasteiger partial charge in [-0.2, -0.15) is 5.10 Å². The molecular formula is C14H16N4O2. The van der Waals surface area contributed by atoms with E-state index < -0.39 is 0 Å². The lowest BCUT2D eigenvalue weighted by molar-refractivity contribution is -0.115. The highest BCUT2D eigenvalue weighted by atomic mass is 16.2. The molecule has 2 amide bonds. The number of carbonyl (C=O) groups excluding carboxylic acids is 2. The molecule has 104 valence electrons. The topological polar surface area (TPSA) is 76.0 Å². The molecule has 1 heterocycles. The Bertz CT molecular complexity index is 644. The molecule has 0 bridgehead atoms. The summed E-state index contributed by atoms with van der Waals surface area (Å²) in [5.74, 6) is 0.343. The van der Waals surface area contributed by atoms with E-state index in [1.165, 1.54) is 13.8 Å². The fourth-order valence-electron chi connectivity index (χ4n) is 1.85. The predicted octanol–water partition coefficient (Wildman–Crippen LogP) is 2.10. The zero-order valence-electron chi connectivity index (χ0n) is 11.6. The SMILES string of the molecule is CC(=O)Nc1ccc(-n2nc(C)cc2NC(C)=O)cc1. The summed E-state index contributed by atoms with van der Waals surface area (Å²) in [6.07, 6.45) is 0. The van der Waals surface area contributed by atoms with E-state index in [4.69, 9.17) is 0 Å². The van der Waals surface area contributed by atoms with Crippen molar-refractivity contribution in [2.75, 3.05) is 10.6 Å². The Kier molecular flexibility index (Phi) is 3.84. The van der Waals surface area contributed by atoms with E-state index in [2.05, 4.69) is 15.7 Å². The lowest BCUT2D eigenvalue weighted by Crippen LogP contribution is -2.11. The van der Waals surface area contributed by atoms with Crippen LogP contribution >= 0.6 is 0 Å². The molecule has 20 heavy (non-hydrogen) atoms. The van der Waals surface area contributed by atoms with Crippen molar-refractivity contribution in [3.63, 3.8) is 0 Å². The molecule has 0 unspecified atom stereocenters. The van der Waals surface area contributed by atoms with Gasteiger partial charge in [0.15, 0.2) is 0 Å². The van der Waals surface area contributed by atoms with E-state index in [-0.39, 0.29) is 11.8 Å². The molecule has 2 N–H and O–H groups in total. The fraction of sp³-hybridized carbons (Fsp3) is 0.214. The van der Waals surface area contributed by atoms with Crippen LogP contribution in [0.1, 0.15) is 19.5 Å². The first kappa shape index (κ1) is 13.8. The zero-order chi connectivity index (χ0) is 14.7. The lowest BCUT2D eigenvalue weighted by Gasteiger charge is -2.08. The van der Waals surface area contributed by atoms with Gasteiger partial charge in [-0.3, -0.25) is 9.59 Å². The maximum absolute atomic E-state index is 11.2. The summed E-state index contributed by atoms with van der Waals surface area (Å²) in [7, 11) is 0. The molecule has 0 aliphatic carbocycles. The molecule has 2 rings (SSSR count). The van der Waals surface area contributed by atoms with Crippen LogP contribution in [0.25, 0.3) is 5.69 Å². The number of aryl methyl sites for hydroxylation is 1. The van der Waals surface area contributed by atoms with Crippen molar-refractivity contribution in [2.24, 2.45) is 0 Å². The lowest BCUT2D eigenvalue weighted by atomic mass is 10.3. The van der Waals surface area contributed by atoms with Gasteiger partial charge in [0.25, 0.3) is 0 Å². The molecule has 1 aromatic heterocycles. The highest BCUT2D eigenvalue weighted by Gasteiger charge is 2.08. The largest absolute Gasteiger partial charge is 0.326 e. The quantitative estimate of drug-likeness (QED) is 0.898. The molecule has 0 spiro atoms. The smallest absolute Gasteiger partial charge is 0.222 e. The summed E-state index contributed by atoms with van der Waals surface area (Å²) in [6, 6.07) is 9.01. The second kappa shape index (κ2) is 5.56. The number of nitrogens with one attached hydrogen (secondary N) is 2. The summed E-state index contributed by atoms with van der Waals surface area (Å²) in [6.45, 7) is 4.76. The van der Waals surface area contributed by atoms with E-state index in [0.29, 0.717) is 11.5 Å². The van der Waals surface area contributed by atoms with Gasteiger partial charge in [0, 0.05) is 25.6 Å². The average molecular weight is 272 g/mol. The maximum Gasteiger partial charge on any atom is 0.222 e. The van der Waals surface area contributed by atoms with Crippen LogP contribution in [0.4, 0.5) is 11.5 Å².